The number of benzene rings is 1. The molecule has 1 aliphatic carbocycles. The van der Waals surface area contributed by atoms with E-state index in [2.05, 4.69) is 17.2 Å². The summed E-state index contributed by atoms with van der Waals surface area (Å²) in [5, 5.41) is 13.6. The molecule has 25 heavy (non-hydrogen) atoms. The first-order valence-corrected chi connectivity index (χ1v) is 8.85. The Morgan fingerprint density at radius 2 is 2.04 bits per heavy atom. The number of aromatic hydroxyl groups is 1. The number of hydrogen-bond acceptors (Lipinski definition) is 4. The highest BCUT2D eigenvalue weighted by atomic mass is 35.5. The van der Waals surface area contributed by atoms with Gasteiger partial charge in [-0.05, 0) is 30.9 Å². The molecular weight excluding hydrogens is 338 g/mol. The number of carbonyl (C=O) groups excluding carboxylic acids is 1. The van der Waals surface area contributed by atoms with Crippen LogP contribution in [0.1, 0.15) is 56.1 Å². The molecule has 138 valence electrons. The van der Waals surface area contributed by atoms with Crippen molar-refractivity contribution in [3.8, 4) is 17.6 Å². The Morgan fingerprint density at radius 1 is 1.28 bits per heavy atom. The summed E-state index contributed by atoms with van der Waals surface area (Å²) in [7, 11) is 0. The maximum absolute atomic E-state index is 11.9. The van der Waals surface area contributed by atoms with Crippen molar-refractivity contribution >= 4 is 18.4 Å². The molecule has 1 aliphatic rings. The highest BCUT2D eigenvalue weighted by Gasteiger charge is 2.20. The Balaban J connectivity index is 0.00000312. The maximum Gasteiger partial charge on any atom is 0.311 e. The van der Waals surface area contributed by atoms with E-state index in [1.807, 2.05) is 19.1 Å². The number of carbonyl (C=O) groups is 1. The van der Waals surface area contributed by atoms with Crippen molar-refractivity contribution in [3.05, 3.63) is 29.3 Å². The molecular formula is C20H28ClNO3. The molecule has 0 atom stereocenters. The van der Waals surface area contributed by atoms with Crippen molar-refractivity contribution < 1.29 is 14.6 Å². The number of hydrogen-bond donors (Lipinski definition) is 2. The normalized spacial score (nSPS) is 14.1. The molecule has 2 rings (SSSR count). The fraction of sp³-hybridized carbons (Fsp3) is 0.550. The predicted octanol–water partition coefficient (Wildman–Crippen LogP) is 3.56. The number of ether oxygens (including phenoxy) is 1. The molecule has 0 saturated heterocycles. The quantitative estimate of drug-likeness (QED) is 0.459. The third-order valence-corrected chi connectivity index (χ3v) is 4.42. The second kappa shape index (κ2) is 11.8. The van der Waals surface area contributed by atoms with Gasteiger partial charge in [-0.3, -0.25) is 4.79 Å². The monoisotopic (exact) mass is 365 g/mol. The lowest BCUT2D eigenvalue weighted by atomic mass is 9.83. The van der Waals surface area contributed by atoms with Gasteiger partial charge in [0.15, 0.2) is 6.61 Å². The highest BCUT2D eigenvalue weighted by molar-refractivity contribution is 5.85. The van der Waals surface area contributed by atoms with Gasteiger partial charge in [0.05, 0.1) is 13.0 Å². The van der Waals surface area contributed by atoms with Gasteiger partial charge < -0.3 is 15.2 Å². The van der Waals surface area contributed by atoms with Gasteiger partial charge in [-0.2, -0.15) is 0 Å². The lowest BCUT2D eigenvalue weighted by Gasteiger charge is -2.23. The summed E-state index contributed by atoms with van der Waals surface area (Å²) in [6.07, 6.45) is 6.01. The van der Waals surface area contributed by atoms with E-state index in [-0.39, 0.29) is 37.2 Å². The van der Waals surface area contributed by atoms with Crippen LogP contribution in [0.2, 0.25) is 0 Å². The molecule has 0 amide bonds. The summed E-state index contributed by atoms with van der Waals surface area (Å²) in [6, 6.07) is 5.69. The zero-order chi connectivity index (χ0) is 17.2. The summed E-state index contributed by atoms with van der Waals surface area (Å²) in [5.41, 5.74) is 1.62. The first-order valence-electron chi connectivity index (χ1n) is 8.85. The Hall–Kier alpha value is -1.70. The molecule has 1 aromatic carbocycles. The minimum absolute atomic E-state index is 0. The molecule has 4 nitrogen and oxygen atoms in total. The average molecular weight is 366 g/mol. The van der Waals surface area contributed by atoms with Crippen LogP contribution in [0, 0.1) is 11.8 Å². The number of para-hydroxylation sites is 1. The minimum atomic E-state index is -0.358. The summed E-state index contributed by atoms with van der Waals surface area (Å²) < 4.78 is 5.12. The first kappa shape index (κ1) is 21.3. The van der Waals surface area contributed by atoms with Crippen molar-refractivity contribution in [2.45, 2.75) is 51.4 Å². The average Bonchev–Trinajstić information content (AvgIpc) is 2.60. The van der Waals surface area contributed by atoms with E-state index >= 15 is 0 Å². The minimum Gasteiger partial charge on any atom is -0.507 e. The molecule has 0 spiro atoms. The molecule has 0 bridgehead atoms. The van der Waals surface area contributed by atoms with Crippen LogP contribution in [0.5, 0.6) is 5.75 Å². The molecule has 1 aromatic rings. The van der Waals surface area contributed by atoms with E-state index < -0.39 is 0 Å². The Kier molecular flexibility index (Phi) is 10.1. The lowest BCUT2D eigenvalue weighted by Crippen LogP contribution is -2.13. The van der Waals surface area contributed by atoms with E-state index in [0.717, 1.165) is 24.9 Å². The van der Waals surface area contributed by atoms with Gasteiger partial charge in [0, 0.05) is 5.56 Å². The van der Waals surface area contributed by atoms with Gasteiger partial charge in [0.1, 0.15) is 5.75 Å². The Labute approximate surface area is 156 Å². The van der Waals surface area contributed by atoms with Crippen molar-refractivity contribution in [2.24, 2.45) is 0 Å². The number of phenolic OH excluding ortho intramolecular Hbond substituents is 1. The third kappa shape index (κ3) is 6.97. The summed E-state index contributed by atoms with van der Waals surface area (Å²) in [6.45, 7) is 3.56. The first-order chi connectivity index (χ1) is 11.7. The standard InChI is InChI=1S/C20H27NO3.ClH/c1-2-21-13-6-7-14-24-19(22)15-17-11-8-12-18(20(17)23)16-9-4-3-5-10-16;/h8,11-12,16,21,23H,2-5,9-10,13-15H2,1H3;1H. The molecule has 0 aliphatic heterocycles. The second-order valence-corrected chi connectivity index (χ2v) is 6.16. The van der Waals surface area contributed by atoms with Gasteiger partial charge in [-0.15, -0.1) is 12.4 Å². The van der Waals surface area contributed by atoms with Crippen LogP contribution < -0.4 is 5.32 Å². The molecule has 1 fully saturated rings. The summed E-state index contributed by atoms with van der Waals surface area (Å²) >= 11 is 0. The zero-order valence-electron chi connectivity index (χ0n) is 14.8. The van der Waals surface area contributed by atoms with Crippen LogP contribution in [0.4, 0.5) is 0 Å². The van der Waals surface area contributed by atoms with Gasteiger partial charge >= 0.3 is 5.97 Å². The molecule has 1 saturated carbocycles. The Morgan fingerprint density at radius 3 is 2.76 bits per heavy atom. The number of esters is 1. The van der Waals surface area contributed by atoms with Gasteiger partial charge in [0.25, 0.3) is 0 Å². The van der Waals surface area contributed by atoms with E-state index in [1.54, 1.807) is 6.07 Å². The third-order valence-electron chi connectivity index (χ3n) is 4.42. The van der Waals surface area contributed by atoms with Crippen LogP contribution in [-0.2, 0) is 16.0 Å². The van der Waals surface area contributed by atoms with Crippen LogP contribution in [0.3, 0.4) is 0 Å². The van der Waals surface area contributed by atoms with Crippen molar-refractivity contribution in [1.82, 2.24) is 5.32 Å². The van der Waals surface area contributed by atoms with Gasteiger partial charge in [-0.25, -0.2) is 0 Å². The van der Waals surface area contributed by atoms with E-state index in [9.17, 15) is 9.90 Å². The SMILES string of the molecule is CCNCC#CCOC(=O)Cc1cccc(C2CCCCC2)c1O.Cl. The number of rotatable bonds is 6. The zero-order valence-corrected chi connectivity index (χ0v) is 15.7. The molecule has 0 aromatic heterocycles. The molecule has 2 N–H and O–H groups in total. The number of nitrogens with one attached hydrogen (secondary N) is 1. The van der Waals surface area contributed by atoms with Crippen molar-refractivity contribution in [2.75, 3.05) is 19.7 Å². The maximum atomic E-state index is 11.9. The number of phenols is 1. The van der Waals surface area contributed by atoms with Crippen LogP contribution in [-0.4, -0.2) is 30.8 Å². The predicted molar refractivity (Wildman–Crippen MR) is 102 cm³/mol. The molecule has 5 heteroatoms. The fourth-order valence-corrected chi connectivity index (χ4v) is 3.12. The van der Waals surface area contributed by atoms with Crippen molar-refractivity contribution in [1.29, 1.82) is 0 Å². The van der Waals surface area contributed by atoms with Gasteiger partial charge in [0.2, 0.25) is 0 Å². The molecule has 0 unspecified atom stereocenters. The van der Waals surface area contributed by atoms with E-state index in [0.29, 0.717) is 18.0 Å². The second-order valence-electron chi connectivity index (χ2n) is 6.16. The number of halogens is 1. The fourth-order valence-electron chi connectivity index (χ4n) is 3.12. The summed E-state index contributed by atoms with van der Waals surface area (Å²) in [4.78, 5) is 11.9. The smallest absolute Gasteiger partial charge is 0.311 e. The van der Waals surface area contributed by atoms with Crippen LogP contribution in [0.25, 0.3) is 0 Å². The summed E-state index contributed by atoms with van der Waals surface area (Å²) in [5.74, 6) is 5.99. The molecule has 0 heterocycles. The topological polar surface area (TPSA) is 58.6 Å². The highest BCUT2D eigenvalue weighted by Crippen LogP contribution is 2.38. The van der Waals surface area contributed by atoms with Crippen LogP contribution in [0.15, 0.2) is 18.2 Å². The Bertz CT molecular complexity index is 601. The lowest BCUT2D eigenvalue weighted by molar-refractivity contribution is -0.141. The van der Waals surface area contributed by atoms with E-state index in [4.69, 9.17) is 4.74 Å². The molecule has 0 radical (unpaired) electrons. The largest absolute Gasteiger partial charge is 0.507 e. The van der Waals surface area contributed by atoms with Crippen LogP contribution >= 0.6 is 12.4 Å². The van der Waals surface area contributed by atoms with Crippen molar-refractivity contribution in [3.63, 3.8) is 0 Å². The van der Waals surface area contributed by atoms with Gasteiger partial charge in [-0.1, -0.05) is 56.2 Å². The van der Waals surface area contributed by atoms with E-state index in [1.165, 1.54) is 19.3 Å².